The lowest BCUT2D eigenvalue weighted by atomic mass is 10.0. The minimum absolute atomic E-state index is 0.454. The van der Waals surface area contributed by atoms with Gasteiger partial charge in [-0.2, -0.15) is 5.10 Å². The van der Waals surface area contributed by atoms with Crippen molar-refractivity contribution in [2.24, 2.45) is 0 Å². The van der Waals surface area contributed by atoms with Crippen LogP contribution in [0.4, 0.5) is 5.82 Å². The van der Waals surface area contributed by atoms with Crippen molar-refractivity contribution in [1.29, 1.82) is 0 Å². The molecule has 0 amide bonds. The Labute approximate surface area is 150 Å². The standard InChI is InChI=1S/C20H17ClN4/c1-12-6-8-14(9-7-12)19-13(2)24-25-17(11-18(22)23-20(19)25)15-4-3-5-16(21)10-15/h3-11H,1-2H3,(H2,22,23). The summed E-state index contributed by atoms with van der Waals surface area (Å²) in [5, 5.41) is 5.38. The van der Waals surface area contributed by atoms with Crippen LogP contribution < -0.4 is 5.73 Å². The molecule has 0 aliphatic heterocycles. The largest absolute Gasteiger partial charge is 0.384 e. The number of nitrogens with two attached hydrogens (primary N) is 1. The smallest absolute Gasteiger partial charge is 0.166 e. The molecule has 0 fully saturated rings. The van der Waals surface area contributed by atoms with Gasteiger partial charge in [-0.15, -0.1) is 0 Å². The summed E-state index contributed by atoms with van der Waals surface area (Å²) >= 11 is 6.16. The molecule has 124 valence electrons. The average molecular weight is 349 g/mol. The minimum Gasteiger partial charge on any atom is -0.384 e. The van der Waals surface area contributed by atoms with Crippen LogP contribution >= 0.6 is 11.6 Å². The molecule has 4 aromatic rings. The van der Waals surface area contributed by atoms with Crippen LogP contribution in [0.3, 0.4) is 0 Å². The number of benzene rings is 2. The fourth-order valence-corrected chi connectivity index (χ4v) is 3.24. The third-order valence-electron chi connectivity index (χ3n) is 4.24. The van der Waals surface area contributed by atoms with Crippen molar-refractivity contribution in [2.45, 2.75) is 13.8 Å². The molecule has 2 aromatic carbocycles. The molecule has 0 spiro atoms. The second-order valence-electron chi connectivity index (χ2n) is 6.14. The van der Waals surface area contributed by atoms with Crippen LogP contribution in [0.15, 0.2) is 54.6 Å². The number of nitrogen functional groups attached to an aromatic ring is 1. The number of rotatable bonds is 2. The van der Waals surface area contributed by atoms with E-state index in [2.05, 4.69) is 36.2 Å². The SMILES string of the molecule is Cc1ccc(-c2c(C)nn3c(-c4cccc(Cl)c4)cc(N)nc23)cc1. The molecule has 25 heavy (non-hydrogen) atoms. The molecule has 5 heteroatoms. The van der Waals surface area contributed by atoms with Crippen molar-refractivity contribution in [3.63, 3.8) is 0 Å². The van der Waals surface area contributed by atoms with Crippen LogP contribution in [0.5, 0.6) is 0 Å². The number of nitrogens with zero attached hydrogens (tertiary/aromatic N) is 3. The maximum absolute atomic E-state index is 6.16. The van der Waals surface area contributed by atoms with Crippen molar-refractivity contribution in [2.75, 3.05) is 5.73 Å². The summed E-state index contributed by atoms with van der Waals surface area (Å²) in [6.45, 7) is 4.06. The highest BCUT2D eigenvalue weighted by atomic mass is 35.5. The van der Waals surface area contributed by atoms with Crippen molar-refractivity contribution in [1.82, 2.24) is 14.6 Å². The summed E-state index contributed by atoms with van der Waals surface area (Å²) in [7, 11) is 0. The summed E-state index contributed by atoms with van der Waals surface area (Å²) in [6.07, 6.45) is 0. The highest BCUT2D eigenvalue weighted by molar-refractivity contribution is 6.30. The van der Waals surface area contributed by atoms with Crippen molar-refractivity contribution < 1.29 is 0 Å². The predicted molar refractivity (Wildman–Crippen MR) is 103 cm³/mol. The lowest BCUT2D eigenvalue weighted by molar-refractivity contribution is 0.927. The van der Waals surface area contributed by atoms with Gasteiger partial charge in [0.15, 0.2) is 5.65 Å². The first-order valence-corrected chi connectivity index (χ1v) is 8.39. The number of aryl methyl sites for hydroxylation is 2. The highest BCUT2D eigenvalue weighted by Crippen LogP contribution is 2.32. The maximum Gasteiger partial charge on any atom is 0.166 e. The molecule has 0 saturated carbocycles. The number of halogens is 1. The number of anilines is 1. The van der Waals surface area contributed by atoms with Crippen LogP contribution in [0.2, 0.25) is 5.02 Å². The van der Waals surface area contributed by atoms with Gasteiger partial charge in [-0.25, -0.2) is 9.50 Å². The second-order valence-corrected chi connectivity index (χ2v) is 6.57. The number of hydrogen-bond acceptors (Lipinski definition) is 3. The Kier molecular flexibility index (Phi) is 3.70. The summed E-state index contributed by atoms with van der Waals surface area (Å²) < 4.78 is 1.84. The Bertz CT molecular complexity index is 1080. The number of fused-ring (bicyclic) bond motifs is 1. The van der Waals surface area contributed by atoms with Gasteiger partial charge in [0, 0.05) is 22.2 Å². The summed E-state index contributed by atoms with van der Waals surface area (Å²) in [4.78, 5) is 4.55. The Balaban J connectivity index is 2.02. The van der Waals surface area contributed by atoms with E-state index >= 15 is 0 Å². The lowest BCUT2D eigenvalue weighted by Crippen LogP contribution is -2.00. The molecular formula is C20H17ClN4. The maximum atomic E-state index is 6.16. The Hall–Kier alpha value is -2.85. The van der Waals surface area contributed by atoms with Gasteiger partial charge in [0.05, 0.1) is 11.4 Å². The summed E-state index contributed by atoms with van der Waals surface area (Å²) in [5.74, 6) is 0.454. The first-order valence-electron chi connectivity index (χ1n) is 8.02. The molecule has 0 saturated heterocycles. The van der Waals surface area contributed by atoms with Gasteiger partial charge in [-0.1, -0.05) is 53.6 Å². The molecule has 0 aliphatic rings. The third kappa shape index (κ3) is 2.75. The van der Waals surface area contributed by atoms with E-state index in [0.717, 1.165) is 33.7 Å². The van der Waals surface area contributed by atoms with E-state index < -0.39 is 0 Å². The van der Waals surface area contributed by atoms with Crippen LogP contribution in [-0.4, -0.2) is 14.6 Å². The Morgan fingerprint density at radius 1 is 0.960 bits per heavy atom. The van der Waals surface area contributed by atoms with Gasteiger partial charge >= 0.3 is 0 Å². The van der Waals surface area contributed by atoms with Gasteiger partial charge in [-0.05, 0) is 31.5 Å². The van der Waals surface area contributed by atoms with E-state index in [1.165, 1.54) is 5.56 Å². The van der Waals surface area contributed by atoms with Gasteiger partial charge < -0.3 is 5.73 Å². The monoisotopic (exact) mass is 348 g/mol. The quantitative estimate of drug-likeness (QED) is 0.559. The molecule has 4 rings (SSSR count). The predicted octanol–water partition coefficient (Wildman–Crippen LogP) is 4.92. The third-order valence-corrected chi connectivity index (χ3v) is 4.48. The molecule has 2 aromatic heterocycles. The van der Waals surface area contributed by atoms with Crippen molar-refractivity contribution >= 4 is 23.1 Å². The zero-order valence-electron chi connectivity index (χ0n) is 14.0. The van der Waals surface area contributed by atoms with E-state index in [9.17, 15) is 0 Å². The molecular weight excluding hydrogens is 332 g/mol. The first kappa shape index (κ1) is 15.7. The van der Waals surface area contributed by atoms with Crippen molar-refractivity contribution in [3.8, 4) is 22.4 Å². The zero-order chi connectivity index (χ0) is 17.6. The first-order chi connectivity index (χ1) is 12.0. The molecule has 0 radical (unpaired) electrons. The zero-order valence-corrected chi connectivity index (χ0v) is 14.7. The van der Waals surface area contributed by atoms with E-state index in [0.29, 0.717) is 10.8 Å². The molecule has 0 bridgehead atoms. The van der Waals surface area contributed by atoms with E-state index in [-0.39, 0.29) is 0 Å². The fraction of sp³-hybridized carbons (Fsp3) is 0.100. The molecule has 0 unspecified atom stereocenters. The van der Waals surface area contributed by atoms with E-state index in [1.54, 1.807) is 0 Å². The highest BCUT2D eigenvalue weighted by Gasteiger charge is 2.17. The second kappa shape index (κ2) is 5.90. The van der Waals surface area contributed by atoms with Crippen LogP contribution in [0.25, 0.3) is 28.0 Å². The van der Waals surface area contributed by atoms with Gasteiger partial charge in [0.2, 0.25) is 0 Å². The normalized spacial score (nSPS) is 11.2. The fourth-order valence-electron chi connectivity index (χ4n) is 3.05. The van der Waals surface area contributed by atoms with Crippen LogP contribution in [0, 0.1) is 13.8 Å². The van der Waals surface area contributed by atoms with Crippen LogP contribution in [0.1, 0.15) is 11.3 Å². The molecule has 0 atom stereocenters. The Morgan fingerprint density at radius 3 is 2.44 bits per heavy atom. The Morgan fingerprint density at radius 2 is 1.72 bits per heavy atom. The summed E-state index contributed by atoms with van der Waals surface area (Å²) in [6, 6.07) is 17.8. The molecule has 4 nitrogen and oxygen atoms in total. The molecule has 0 aliphatic carbocycles. The van der Waals surface area contributed by atoms with E-state index in [1.807, 2.05) is 41.8 Å². The number of hydrogen-bond donors (Lipinski definition) is 1. The van der Waals surface area contributed by atoms with Crippen LogP contribution in [-0.2, 0) is 0 Å². The van der Waals surface area contributed by atoms with Crippen molar-refractivity contribution in [3.05, 3.63) is 70.9 Å². The molecule has 2 N–H and O–H groups in total. The summed E-state index contributed by atoms with van der Waals surface area (Å²) in [5.41, 5.74) is 12.9. The lowest BCUT2D eigenvalue weighted by Gasteiger charge is -2.07. The van der Waals surface area contributed by atoms with Gasteiger partial charge in [-0.3, -0.25) is 0 Å². The van der Waals surface area contributed by atoms with Gasteiger partial charge in [0.25, 0.3) is 0 Å². The topological polar surface area (TPSA) is 56.2 Å². The van der Waals surface area contributed by atoms with E-state index in [4.69, 9.17) is 22.4 Å². The van der Waals surface area contributed by atoms with Gasteiger partial charge in [0.1, 0.15) is 5.82 Å². The minimum atomic E-state index is 0.454. The molecule has 2 heterocycles. The average Bonchev–Trinajstić information content (AvgIpc) is 2.91. The number of aromatic nitrogens is 3.